The van der Waals surface area contributed by atoms with Crippen LogP contribution in [0.15, 0.2) is 4.52 Å². The second-order valence-electron chi connectivity index (χ2n) is 7.42. The number of aryl methyl sites for hydroxylation is 1. The van der Waals surface area contributed by atoms with E-state index in [2.05, 4.69) is 20.8 Å². The number of nitrogens with zero attached hydrogens (tertiary/aromatic N) is 3. The maximum atomic E-state index is 12.9. The van der Waals surface area contributed by atoms with Gasteiger partial charge in [-0.2, -0.15) is 4.98 Å². The van der Waals surface area contributed by atoms with E-state index in [-0.39, 0.29) is 24.4 Å². The summed E-state index contributed by atoms with van der Waals surface area (Å²) in [6.07, 6.45) is 7.71. The average Bonchev–Trinajstić information content (AvgIpc) is 3.19. The Kier molecular flexibility index (Phi) is 5.90. The van der Waals surface area contributed by atoms with Crippen LogP contribution >= 0.6 is 0 Å². The molecule has 2 fully saturated rings. The number of carbonyl (C=O) groups is 2. The molecule has 144 valence electrons. The van der Waals surface area contributed by atoms with Crippen LogP contribution in [0.1, 0.15) is 63.1 Å². The zero-order valence-corrected chi connectivity index (χ0v) is 15.7. The molecule has 2 aliphatic rings. The van der Waals surface area contributed by atoms with Gasteiger partial charge in [0.15, 0.2) is 5.82 Å². The molecule has 0 radical (unpaired) electrons. The fourth-order valence-electron chi connectivity index (χ4n) is 4.20. The molecule has 1 atom stereocenters. The van der Waals surface area contributed by atoms with Crippen molar-refractivity contribution in [3.8, 4) is 0 Å². The third-order valence-corrected chi connectivity index (χ3v) is 5.55. The van der Waals surface area contributed by atoms with Gasteiger partial charge in [-0.05, 0) is 32.2 Å². The van der Waals surface area contributed by atoms with E-state index in [1.807, 2.05) is 4.90 Å². The summed E-state index contributed by atoms with van der Waals surface area (Å²) in [6, 6.07) is -0.219. The Morgan fingerprint density at radius 1 is 1.23 bits per heavy atom. The molecule has 2 heterocycles. The molecule has 0 aromatic carbocycles. The second-order valence-corrected chi connectivity index (χ2v) is 7.42. The molecule has 1 saturated carbocycles. The molecule has 0 bridgehead atoms. The van der Waals surface area contributed by atoms with E-state index in [1.165, 1.54) is 0 Å². The number of rotatable bonds is 5. The van der Waals surface area contributed by atoms with E-state index in [0.29, 0.717) is 11.7 Å². The van der Waals surface area contributed by atoms with Gasteiger partial charge in [-0.3, -0.25) is 14.5 Å². The predicted molar refractivity (Wildman–Crippen MR) is 95.2 cm³/mol. The number of likely N-dealkylation sites (N-methyl/N-ethyl adjacent to an activating group) is 1. The first-order valence-electron chi connectivity index (χ1n) is 9.61. The minimum atomic E-state index is -0.562. The molecule has 1 aliphatic carbocycles. The topological polar surface area (TPSA) is 100 Å². The van der Waals surface area contributed by atoms with Crippen molar-refractivity contribution in [1.29, 1.82) is 0 Å². The fourth-order valence-corrected chi connectivity index (χ4v) is 4.20. The van der Waals surface area contributed by atoms with Crippen LogP contribution in [0.2, 0.25) is 0 Å². The number of amides is 2. The van der Waals surface area contributed by atoms with Crippen LogP contribution in [0.5, 0.6) is 0 Å². The summed E-state index contributed by atoms with van der Waals surface area (Å²) >= 11 is 0. The predicted octanol–water partition coefficient (Wildman–Crippen LogP) is 1.25. The van der Waals surface area contributed by atoms with Crippen LogP contribution in [0.3, 0.4) is 0 Å². The van der Waals surface area contributed by atoms with Gasteiger partial charge in [0.1, 0.15) is 5.54 Å². The highest BCUT2D eigenvalue weighted by molar-refractivity contribution is 5.84. The summed E-state index contributed by atoms with van der Waals surface area (Å²) in [6.45, 7) is 2.75. The average molecular weight is 363 g/mol. The zero-order valence-electron chi connectivity index (χ0n) is 15.7. The maximum absolute atomic E-state index is 12.9. The van der Waals surface area contributed by atoms with Crippen molar-refractivity contribution in [2.75, 3.05) is 20.1 Å². The van der Waals surface area contributed by atoms with Crippen molar-refractivity contribution >= 4 is 11.8 Å². The standard InChI is InChI=1S/C18H29N5O3/c1-13-20-17(22-26-13)18(9-5-3-4-6-10-18)21-15(24)12-23-11-7-8-14(23)16(25)19-2/h14H,3-12H2,1-2H3,(H,19,25)(H,21,24)/t14-/m1/s1. The Balaban J connectivity index is 1.72. The van der Waals surface area contributed by atoms with Crippen LogP contribution in [0.25, 0.3) is 0 Å². The fraction of sp³-hybridized carbons (Fsp3) is 0.778. The van der Waals surface area contributed by atoms with Crippen molar-refractivity contribution in [3.63, 3.8) is 0 Å². The SMILES string of the molecule is CNC(=O)[C@H]1CCCN1CC(=O)NC1(c2noc(C)n2)CCCCCC1. The van der Waals surface area contributed by atoms with Crippen LogP contribution in [0, 0.1) is 6.92 Å². The first-order chi connectivity index (χ1) is 12.5. The molecule has 1 aromatic rings. The largest absolute Gasteiger partial charge is 0.358 e. The summed E-state index contributed by atoms with van der Waals surface area (Å²) < 4.78 is 5.19. The maximum Gasteiger partial charge on any atom is 0.237 e. The quantitative estimate of drug-likeness (QED) is 0.764. The van der Waals surface area contributed by atoms with Gasteiger partial charge in [0.05, 0.1) is 12.6 Å². The van der Waals surface area contributed by atoms with Gasteiger partial charge in [0.25, 0.3) is 0 Å². The van der Waals surface area contributed by atoms with Gasteiger partial charge >= 0.3 is 0 Å². The lowest BCUT2D eigenvalue weighted by molar-refractivity contribution is -0.128. The lowest BCUT2D eigenvalue weighted by Crippen LogP contribution is -2.52. The molecular formula is C18H29N5O3. The van der Waals surface area contributed by atoms with Crippen molar-refractivity contribution in [3.05, 3.63) is 11.7 Å². The third kappa shape index (κ3) is 4.06. The first kappa shape index (κ1) is 18.8. The molecule has 0 unspecified atom stereocenters. The molecule has 1 saturated heterocycles. The summed E-state index contributed by atoms with van der Waals surface area (Å²) in [7, 11) is 1.64. The Bertz CT molecular complexity index is 637. The van der Waals surface area contributed by atoms with Crippen LogP contribution in [0.4, 0.5) is 0 Å². The van der Waals surface area contributed by atoms with Crippen molar-refractivity contribution in [2.24, 2.45) is 0 Å². The van der Waals surface area contributed by atoms with Gasteiger partial charge in [-0.15, -0.1) is 0 Å². The summed E-state index contributed by atoms with van der Waals surface area (Å²) in [5.74, 6) is 0.991. The van der Waals surface area contributed by atoms with Gasteiger partial charge in [0, 0.05) is 14.0 Å². The molecule has 1 aromatic heterocycles. The Morgan fingerprint density at radius 3 is 2.58 bits per heavy atom. The third-order valence-electron chi connectivity index (χ3n) is 5.55. The van der Waals surface area contributed by atoms with E-state index in [4.69, 9.17) is 4.52 Å². The molecule has 0 spiro atoms. The van der Waals surface area contributed by atoms with E-state index < -0.39 is 5.54 Å². The zero-order chi connectivity index (χ0) is 18.6. The molecule has 1 aliphatic heterocycles. The van der Waals surface area contributed by atoms with Crippen LogP contribution in [-0.2, 0) is 15.1 Å². The van der Waals surface area contributed by atoms with E-state index in [1.54, 1.807) is 14.0 Å². The number of carbonyl (C=O) groups excluding carboxylic acids is 2. The molecule has 3 rings (SSSR count). The summed E-state index contributed by atoms with van der Waals surface area (Å²) in [5.41, 5.74) is -0.562. The molecule has 8 nitrogen and oxygen atoms in total. The molecule has 2 N–H and O–H groups in total. The van der Waals surface area contributed by atoms with Crippen LogP contribution < -0.4 is 10.6 Å². The van der Waals surface area contributed by atoms with Crippen molar-refractivity contribution in [2.45, 2.75) is 69.9 Å². The number of nitrogens with one attached hydrogen (secondary N) is 2. The highest BCUT2D eigenvalue weighted by Crippen LogP contribution is 2.34. The highest BCUT2D eigenvalue weighted by Gasteiger charge is 2.40. The Morgan fingerprint density at radius 2 is 1.96 bits per heavy atom. The molecule has 26 heavy (non-hydrogen) atoms. The van der Waals surface area contributed by atoms with E-state index >= 15 is 0 Å². The number of likely N-dealkylation sites (tertiary alicyclic amines) is 1. The highest BCUT2D eigenvalue weighted by atomic mass is 16.5. The monoisotopic (exact) mass is 363 g/mol. The van der Waals surface area contributed by atoms with Crippen molar-refractivity contribution < 1.29 is 14.1 Å². The lowest BCUT2D eigenvalue weighted by atomic mass is 9.89. The first-order valence-corrected chi connectivity index (χ1v) is 9.61. The number of hydrogen-bond acceptors (Lipinski definition) is 6. The van der Waals surface area contributed by atoms with Crippen LogP contribution in [-0.4, -0.2) is 53.0 Å². The van der Waals surface area contributed by atoms with Gasteiger partial charge in [-0.25, -0.2) is 0 Å². The molecular weight excluding hydrogens is 334 g/mol. The smallest absolute Gasteiger partial charge is 0.237 e. The summed E-state index contributed by atoms with van der Waals surface area (Å²) in [5, 5.41) is 10.0. The van der Waals surface area contributed by atoms with E-state index in [0.717, 1.165) is 57.9 Å². The minimum absolute atomic E-state index is 0.0201. The number of hydrogen-bond donors (Lipinski definition) is 2. The molecule has 2 amide bonds. The molecule has 8 heteroatoms. The lowest BCUT2D eigenvalue weighted by Gasteiger charge is -2.32. The Hall–Kier alpha value is -1.96. The van der Waals surface area contributed by atoms with Gasteiger partial charge in [0.2, 0.25) is 17.7 Å². The van der Waals surface area contributed by atoms with Gasteiger partial charge in [-0.1, -0.05) is 30.8 Å². The normalized spacial score (nSPS) is 23.4. The van der Waals surface area contributed by atoms with E-state index in [9.17, 15) is 9.59 Å². The summed E-state index contributed by atoms with van der Waals surface area (Å²) in [4.78, 5) is 31.2. The van der Waals surface area contributed by atoms with Crippen molar-refractivity contribution in [1.82, 2.24) is 25.7 Å². The van der Waals surface area contributed by atoms with Gasteiger partial charge < -0.3 is 15.2 Å². The second kappa shape index (κ2) is 8.16. The number of aromatic nitrogens is 2. The Labute approximate surface area is 154 Å². The minimum Gasteiger partial charge on any atom is -0.358 e.